The number of aliphatic hydroxyl groups excluding tert-OH is 1. The van der Waals surface area contributed by atoms with Crippen molar-refractivity contribution in [2.75, 3.05) is 19.8 Å². The van der Waals surface area contributed by atoms with Gasteiger partial charge in [-0.15, -0.1) is 0 Å². The van der Waals surface area contributed by atoms with Crippen LogP contribution >= 0.6 is 11.6 Å². The Morgan fingerprint density at radius 3 is 2.50 bits per heavy atom. The Kier molecular flexibility index (Phi) is 5.91. The molecule has 6 heteroatoms. The van der Waals surface area contributed by atoms with Crippen molar-refractivity contribution >= 4 is 11.6 Å². The van der Waals surface area contributed by atoms with Crippen molar-refractivity contribution in [3.05, 3.63) is 34.9 Å². The third kappa shape index (κ3) is 5.71. The summed E-state index contributed by atoms with van der Waals surface area (Å²) < 4.78 is 40.2. The Labute approximate surface area is 108 Å². The lowest BCUT2D eigenvalue weighted by Gasteiger charge is -2.16. The highest BCUT2D eigenvalue weighted by atomic mass is 35.5. The molecule has 0 saturated heterocycles. The molecule has 1 rings (SSSR count). The Morgan fingerprint density at radius 2 is 1.94 bits per heavy atom. The molecular formula is C12H14ClF3O2. The molecule has 1 N–H and O–H groups in total. The molecule has 1 atom stereocenters. The third-order valence-electron chi connectivity index (χ3n) is 2.34. The first-order valence-electron chi connectivity index (χ1n) is 5.41. The molecule has 0 fully saturated rings. The van der Waals surface area contributed by atoms with Gasteiger partial charge >= 0.3 is 6.18 Å². The zero-order valence-corrected chi connectivity index (χ0v) is 10.3. The van der Waals surface area contributed by atoms with Crippen LogP contribution in [0.5, 0.6) is 0 Å². The van der Waals surface area contributed by atoms with Crippen LogP contribution in [0.1, 0.15) is 5.56 Å². The maximum Gasteiger partial charge on any atom is 0.411 e. The summed E-state index contributed by atoms with van der Waals surface area (Å²) in [6.07, 6.45) is -3.96. The largest absolute Gasteiger partial charge is 0.411 e. The number of benzene rings is 1. The summed E-state index contributed by atoms with van der Waals surface area (Å²) in [4.78, 5) is 0. The lowest BCUT2D eigenvalue weighted by Crippen LogP contribution is -2.23. The van der Waals surface area contributed by atoms with E-state index in [1.165, 1.54) is 0 Å². The zero-order chi connectivity index (χ0) is 13.6. The van der Waals surface area contributed by atoms with E-state index < -0.39 is 18.7 Å². The second kappa shape index (κ2) is 6.97. The molecule has 0 spiro atoms. The van der Waals surface area contributed by atoms with Crippen LogP contribution in [0.15, 0.2) is 24.3 Å². The highest BCUT2D eigenvalue weighted by molar-refractivity contribution is 6.31. The number of rotatable bonds is 6. The van der Waals surface area contributed by atoms with E-state index >= 15 is 0 Å². The summed E-state index contributed by atoms with van der Waals surface area (Å²) >= 11 is 5.93. The second-order valence-electron chi connectivity index (χ2n) is 3.97. The number of alkyl halides is 3. The normalized spacial score (nSPS) is 13.6. The molecular weight excluding hydrogens is 269 g/mol. The molecule has 0 aliphatic heterocycles. The van der Waals surface area contributed by atoms with Crippen LogP contribution in [-0.2, 0) is 11.2 Å². The lowest BCUT2D eigenvalue weighted by molar-refractivity contribution is -0.177. The smallest absolute Gasteiger partial charge is 0.396 e. The minimum absolute atomic E-state index is 0.152. The average Bonchev–Trinajstić information content (AvgIpc) is 2.29. The van der Waals surface area contributed by atoms with Gasteiger partial charge in [-0.3, -0.25) is 0 Å². The van der Waals surface area contributed by atoms with E-state index in [-0.39, 0.29) is 13.2 Å². The molecule has 0 amide bonds. The summed E-state index contributed by atoms with van der Waals surface area (Å²) in [5, 5.41) is 9.64. The van der Waals surface area contributed by atoms with Gasteiger partial charge in [-0.1, -0.05) is 29.8 Å². The molecule has 18 heavy (non-hydrogen) atoms. The van der Waals surface area contributed by atoms with Crippen LogP contribution < -0.4 is 0 Å². The molecule has 1 unspecified atom stereocenters. The van der Waals surface area contributed by atoms with Gasteiger partial charge in [0.05, 0.1) is 6.61 Å². The highest BCUT2D eigenvalue weighted by Gasteiger charge is 2.27. The van der Waals surface area contributed by atoms with Gasteiger partial charge in [0.15, 0.2) is 0 Å². The molecule has 0 heterocycles. The molecule has 0 bridgehead atoms. The first-order chi connectivity index (χ1) is 8.42. The summed E-state index contributed by atoms with van der Waals surface area (Å²) in [5.74, 6) is -0.396. The summed E-state index contributed by atoms with van der Waals surface area (Å²) in [5.41, 5.74) is 0.786. The Bertz CT molecular complexity index is 369. The maximum absolute atomic E-state index is 11.9. The molecule has 0 saturated carbocycles. The third-order valence-corrected chi connectivity index (χ3v) is 2.71. The monoisotopic (exact) mass is 282 g/mol. The molecule has 0 radical (unpaired) electrons. The van der Waals surface area contributed by atoms with Gasteiger partial charge < -0.3 is 9.84 Å². The Balaban J connectivity index is 2.45. The van der Waals surface area contributed by atoms with E-state index in [9.17, 15) is 13.2 Å². The molecule has 0 aliphatic rings. The number of hydrogen-bond acceptors (Lipinski definition) is 2. The first kappa shape index (κ1) is 15.3. The van der Waals surface area contributed by atoms with Crippen molar-refractivity contribution in [3.8, 4) is 0 Å². The van der Waals surface area contributed by atoms with Gasteiger partial charge in [0.2, 0.25) is 0 Å². The van der Waals surface area contributed by atoms with Gasteiger partial charge in [0.1, 0.15) is 6.61 Å². The summed E-state index contributed by atoms with van der Waals surface area (Å²) in [7, 11) is 0. The van der Waals surface area contributed by atoms with Gasteiger partial charge in [-0.25, -0.2) is 0 Å². The zero-order valence-electron chi connectivity index (χ0n) is 9.58. The molecule has 0 aromatic heterocycles. The molecule has 1 aromatic carbocycles. The van der Waals surface area contributed by atoms with Crippen LogP contribution in [0, 0.1) is 5.92 Å². The fourth-order valence-electron chi connectivity index (χ4n) is 1.49. The fourth-order valence-corrected chi connectivity index (χ4v) is 1.71. The molecule has 2 nitrogen and oxygen atoms in total. The van der Waals surface area contributed by atoms with Crippen molar-refractivity contribution in [1.29, 1.82) is 0 Å². The minimum Gasteiger partial charge on any atom is -0.396 e. The number of halogens is 4. The van der Waals surface area contributed by atoms with Gasteiger partial charge in [-0.2, -0.15) is 13.2 Å². The molecule has 102 valence electrons. The number of hydrogen-bond donors (Lipinski definition) is 1. The van der Waals surface area contributed by atoms with Crippen molar-refractivity contribution in [2.45, 2.75) is 12.6 Å². The quantitative estimate of drug-likeness (QED) is 0.869. The highest BCUT2D eigenvalue weighted by Crippen LogP contribution is 2.20. The summed E-state index contributed by atoms with van der Waals surface area (Å²) in [6, 6.07) is 7.02. The first-order valence-corrected chi connectivity index (χ1v) is 5.79. The van der Waals surface area contributed by atoms with Gasteiger partial charge in [0, 0.05) is 17.5 Å². The van der Waals surface area contributed by atoms with Crippen molar-refractivity contribution in [2.24, 2.45) is 5.92 Å². The standard InChI is InChI=1S/C12H14ClF3O2/c13-11-4-2-1-3-10(11)5-9(6-17)7-18-8-12(14,15)16/h1-4,9,17H,5-8H2. The van der Waals surface area contributed by atoms with Gasteiger partial charge in [0.25, 0.3) is 0 Å². The Morgan fingerprint density at radius 1 is 1.28 bits per heavy atom. The van der Waals surface area contributed by atoms with E-state index in [2.05, 4.69) is 4.74 Å². The van der Waals surface area contributed by atoms with Crippen molar-refractivity contribution < 1.29 is 23.0 Å². The van der Waals surface area contributed by atoms with Gasteiger partial charge in [-0.05, 0) is 18.1 Å². The van der Waals surface area contributed by atoms with E-state index in [1.54, 1.807) is 24.3 Å². The Hall–Kier alpha value is -0.780. The van der Waals surface area contributed by atoms with E-state index in [0.29, 0.717) is 11.4 Å². The van der Waals surface area contributed by atoms with Crippen molar-refractivity contribution in [3.63, 3.8) is 0 Å². The average molecular weight is 283 g/mol. The van der Waals surface area contributed by atoms with Crippen LogP contribution in [0.25, 0.3) is 0 Å². The van der Waals surface area contributed by atoms with E-state index in [4.69, 9.17) is 16.7 Å². The molecule has 0 aliphatic carbocycles. The van der Waals surface area contributed by atoms with E-state index in [1.807, 2.05) is 0 Å². The van der Waals surface area contributed by atoms with Crippen LogP contribution in [-0.4, -0.2) is 31.1 Å². The minimum atomic E-state index is -4.34. The maximum atomic E-state index is 11.9. The molecule has 1 aromatic rings. The predicted octanol–water partition coefficient (Wildman–Crippen LogP) is 3.07. The fraction of sp³-hybridized carbons (Fsp3) is 0.500. The van der Waals surface area contributed by atoms with E-state index in [0.717, 1.165) is 5.56 Å². The van der Waals surface area contributed by atoms with Crippen LogP contribution in [0.2, 0.25) is 5.02 Å². The van der Waals surface area contributed by atoms with Crippen molar-refractivity contribution in [1.82, 2.24) is 0 Å². The number of ether oxygens (including phenoxy) is 1. The summed E-state index contributed by atoms with van der Waals surface area (Å²) in [6.45, 7) is -1.70. The lowest BCUT2D eigenvalue weighted by atomic mass is 10.0. The van der Waals surface area contributed by atoms with Crippen LogP contribution in [0.4, 0.5) is 13.2 Å². The van der Waals surface area contributed by atoms with Crippen LogP contribution in [0.3, 0.4) is 0 Å². The SMILES string of the molecule is OCC(COCC(F)(F)F)Cc1ccccc1Cl. The topological polar surface area (TPSA) is 29.5 Å². The number of aliphatic hydroxyl groups is 1. The second-order valence-corrected chi connectivity index (χ2v) is 4.38. The predicted molar refractivity (Wildman–Crippen MR) is 62.6 cm³/mol.